The van der Waals surface area contributed by atoms with Crippen LogP contribution in [0, 0.1) is 34.5 Å². The molecule has 0 spiro atoms. The van der Waals surface area contributed by atoms with Crippen molar-refractivity contribution in [3.05, 3.63) is 47.2 Å². The van der Waals surface area contributed by atoms with Crippen molar-refractivity contribution in [2.24, 2.45) is 34.5 Å². The van der Waals surface area contributed by atoms with Crippen LogP contribution in [0.1, 0.15) is 71.3 Å². The van der Waals surface area contributed by atoms with Crippen molar-refractivity contribution in [1.29, 1.82) is 0 Å². The van der Waals surface area contributed by atoms with Crippen molar-refractivity contribution in [2.45, 2.75) is 72.1 Å². The van der Waals surface area contributed by atoms with Crippen molar-refractivity contribution in [1.82, 2.24) is 10.2 Å². The van der Waals surface area contributed by atoms with Crippen LogP contribution in [0.15, 0.2) is 41.6 Å². The number of fused-ring (bicyclic) bond motifs is 5. The highest BCUT2D eigenvalue weighted by atomic mass is 16.2. The Hall–Kier alpha value is -2.10. The van der Waals surface area contributed by atoms with E-state index in [0.29, 0.717) is 24.2 Å². The predicted octanol–water partition coefficient (Wildman–Crippen LogP) is 5.34. The molecular weight excluding hydrogens is 408 g/mol. The van der Waals surface area contributed by atoms with Crippen LogP contribution in [0.25, 0.3) is 0 Å². The second-order valence-corrected chi connectivity index (χ2v) is 11.8. The molecule has 178 valence electrons. The molecule has 6 atom stereocenters. The summed E-state index contributed by atoms with van der Waals surface area (Å²) in [4.78, 5) is 27.8. The van der Waals surface area contributed by atoms with Crippen molar-refractivity contribution >= 4 is 11.8 Å². The van der Waals surface area contributed by atoms with Gasteiger partial charge in [0.15, 0.2) is 0 Å². The molecule has 33 heavy (non-hydrogen) atoms. The summed E-state index contributed by atoms with van der Waals surface area (Å²) in [6.45, 7) is 7.82. The minimum absolute atomic E-state index is 0.0997. The molecule has 1 aromatic carbocycles. The fourth-order valence-corrected chi connectivity index (χ4v) is 8.64. The van der Waals surface area contributed by atoms with Crippen molar-refractivity contribution in [2.75, 3.05) is 13.6 Å². The van der Waals surface area contributed by atoms with Gasteiger partial charge >= 0.3 is 0 Å². The van der Waals surface area contributed by atoms with E-state index >= 15 is 0 Å². The number of likely N-dealkylation sites (tertiary alicyclic amines) is 1. The van der Waals surface area contributed by atoms with E-state index in [1.54, 1.807) is 0 Å². The summed E-state index contributed by atoms with van der Waals surface area (Å²) in [5, 5.41) is 3.28. The second kappa shape index (κ2) is 8.29. The number of nitrogens with zero attached hydrogens (tertiary/aromatic N) is 1. The summed E-state index contributed by atoms with van der Waals surface area (Å²) in [5.41, 5.74) is 4.21. The number of rotatable bonds is 4. The Bertz CT molecular complexity index is 969. The predicted molar refractivity (Wildman–Crippen MR) is 131 cm³/mol. The van der Waals surface area contributed by atoms with Crippen LogP contribution in [0.4, 0.5) is 0 Å². The van der Waals surface area contributed by atoms with Crippen molar-refractivity contribution < 1.29 is 9.59 Å². The van der Waals surface area contributed by atoms with E-state index in [4.69, 9.17) is 0 Å². The van der Waals surface area contributed by atoms with Gasteiger partial charge < -0.3 is 10.2 Å². The molecule has 1 saturated heterocycles. The van der Waals surface area contributed by atoms with E-state index in [1.807, 2.05) is 18.0 Å². The van der Waals surface area contributed by atoms with Crippen molar-refractivity contribution in [3.8, 4) is 0 Å². The standard InChI is InChI=1S/C29H40N2O2/c1-19-18-21-22-10-11-24(27(33)30-17-14-20-8-6-5-7-9-20)28(22,2)15-12-23(21)29(3)16-13-25(32)31(4)26(19)29/h5-9,21-24H,10-18H2,1-4H3,(H,30,33)/t21-,22-,23+,24?,28-,29+/m0/s1. The van der Waals surface area contributed by atoms with Gasteiger partial charge in [-0.1, -0.05) is 49.8 Å². The van der Waals surface area contributed by atoms with Crippen LogP contribution < -0.4 is 5.32 Å². The number of piperidine rings is 1. The highest BCUT2D eigenvalue weighted by molar-refractivity contribution is 5.80. The summed E-state index contributed by atoms with van der Waals surface area (Å²) in [7, 11) is 1.98. The summed E-state index contributed by atoms with van der Waals surface area (Å²) in [6, 6.07) is 10.4. The highest BCUT2D eigenvalue weighted by Gasteiger charge is 2.61. The Kier molecular flexibility index (Phi) is 5.69. The fourth-order valence-electron chi connectivity index (χ4n) is 8.64. The first-order valence-electron chi connectivity index (χ1n) is 13.0. The molecule has 0 bridgehead atoms. The molecule has 3 fully saturated rings. The molecule has 0 aromatic heterocycles. The van der Waals surface area contributed by atoms with E-state index in [1.165, 1.54) is 29.7 Å². The first kappa shape index (κ1) is 22.7. The van der Waals surface area contributed by atoms with Gasteiger partial charge in [-0.25, -0.2) is 0 Å². The Balaban J connectivity index is 1.32. The molecule has 4 aliphatic rings. The van der Waals surface area contributed by atoms with Crippen LogP contribution in [0.3, 0.4) is 0 Å². The summed E-state index contributed by atoms with van der Waals surface area (Å²) in [6.07, 6.45) is 8.14. The van der Waals surface area contributed by atoms with Gasteiger partial charge in [0.05, 0.1) is 0 Å². The first-order chi connectivity index (χ1) is 15.8. The SMILES string of the molecule is CC1=C2N(C)C(=O)CC[C@]2(C)[C@@H]2CC[C@]3(C)C(C(=O)NCCc4ccccc4)CC[C@H]3[C@@H]2C1. The number of amides is 2. The highest BCUT2D eigenvalue weighted by Crippen LogP contribution is 2.66. The maximum absolute atomic E-state index is 13.3. The minimum atomic E-state index is 0.0997. The molecule has 4 heteroatoms. The zero-order chi connectivity index (χ0) is 23.4. The lowest BCUT2D eigenvalue weighted by Crippen LogP contribution is -2.55. The largest absolute Gasteiger partial charge is 0.356 e. The van der Waals surface area contributed by atoms with E-state index in [0.717, 1.165) is 38.6 Å². The minimum Gasteiger partial charge on any atom is -0.356 e. The Labute approximate surface area is 199 Å². The summed E-state index contributed by atoms with van der Waals surface area (Å²) >= 11 is 0. The zero-order valence-corrected chi connectivity index (χ0v) is 20.8. The molecule has 3 aliphatic carbocycles. The summed E-state index contributed by atoms with van der Waals surface area (Å²) in [5.74, 6) is 2.55. The molecule has 1 heterocycles. The molecular formula is C29H40N2O2. The van der Waals surface area contributed by atoms with Crippen LogP contribution in [0.5, 0.6) is 0 Å². The van der Waals surface area contributed by atoms with Crippen LogP contribution >= 0.6 is 0 Å². The van der Waals surface area contributed by atoms with E-state index in [9.17, 15) is 9.59 Å². The van der Waals surface area contributed by atoms with Gasteiger partial charge in [-0.15, -0.1) is 0 Å². The number of benzene rings is 1. The molecule has 4 nitrogen and oxygen atoms in total. The second-order valence-electron chi connectivity index (χ2n) is 11.8. The maximum Gasteiger partial charge on any atom is 0.226 e. The molecule has 1 N–H and O–H groups in total. The number of carbonyl (C=O) groups excluding carboxylic acids is 2. The third kappa shape index (κ3) is 3.56. The topological polar surface area (TPSA) is 49.4 Å². The number of hydrogen-bond acceptors (Lipinski definition) is 2. The smallest absolute Gasteiger partial charge is 0.226 e. The Morgan fingerprint density at radius 1 is 1.09 bits per heavy atom. The van der Waals surface area contributed by atoms with E-state index < -0.39 is 0 Å². The lowest BCUT2D eigenvalue weighted by molar-refractivity contribution is -0.138. The Morgan fingerprint density at radius 2 is 1.85 bits per heavy atom. The molecule has 1 unspecified atom stereocenters. The van der Waals surface area contributed by atoms with E-state index in [-0.39, 0.29) is 28.6 Å². The van der Waals surface area contributed by atoms with Gasteiger partial charge in [-0.2, -0.15) is 0 Å². The van der Waals surface area contributed by atoms with Crippen LogP contribution in [-0.2, 0) is 16.0 Å². The molecule has 1 aliphatic heterocycles. The Morgan fingerprint density at radius 3 is 2.61 bits per heavy atom. The zero-order valence-electron chi connectivity index (χ0n) is 20.8. The van der Waals surface area contributed by atoms with E-state index in [2.05, 4.69) is 50.4 Å². The first-order valence-corrected chi connectivity index (χ1v) is 13.0. The fraction of sp³-hybridized carbons (Fsp3) is 0.655. The van der Waals surface area contributed by atoms with Gasteiger partial charge in [-0.3, -0.25) is 9.59 Å². The number of nitrogens with one attached hydrogen (secondary N) is 1. The molecule has 2 saturated carbocycles. The molecule has 1 aromatic rings. The van der Waals surface area contributed by atoms with Crippen LogP contribution in [-0.4, -0.2) is 30.3 Å². The monoisotopic (exact) mass is 448 g/mol. The molecule has 2 amide bonds. The summed E-state index contributed by atoms with van der Waals surface area (Å²) < 4.78 is 0. The normalized spacial score (nSPS) is 37.9. The number of hydrogen-bond donors (Lipinski definition) is 1. The van der Waals surface area contributed by atoms with Gasteiger partial charge in [0.25, 0.3) is 0 Å². The third-order valence-electron chi connectivity index (χ3n) is 10.2. The lowest BCUT2D eigenvalue weighted by atomic mass is 9.48. The van der Waals surface area contributed by atoms with Gasteiger partial charge in [0, 0.05) is 37.0 Å². The average molecular weight is 449 g/mol. The van der Waals surface area contributed by atoms with Crippen molar-refractivity contribution in [3.63, 3.8) is 0 Å². The lowest BCUT2D eigenvalue weighted by Gasteiger charge is -2.59. The quantitative estimate of drug-likeness (QED) is 0.676. The van der Waals surface area contributed by atoms with Gasteiger partial charge in [0.1, 0.15) is 0 Å². The average Bonchev–Trinajstić information content (AvgIpc) is 3.15. The molecule has 0 radical (unpaired) electrons. The maximum atomic E-state index is 13.3. The number of carbonyl (C=O) groups is 2. The van der Waals surface area contributed by atoms with Gasteiger partial charge in [0.2, 0.25) is 11.8 Å². The van der Waals surface area contributed by atoms with Gasteiger partial charge in [-0.05, 0) is 80.6 Å². The number of allylic oxidation sites excluding steroid dienone is 2. The molecule has 5 rings (SSSR count). The third-order valence-corrected chi connectivity index (χ3v) is 10.2. The van der Waals surface area contributed by atoms with Crippen LogP contribution in [0.2, 0.25) is 0 Å².